The van der Waals surface area contributed by atoms with Gasteiger partial charge in [-0.25, -0.2) is 9.78 Å². The van der Waals surface area contributed by atoms with Gasteiger partial charge in [0.2, 0.25) is 0 Å². The Morgan fingerprint density at radius 1 is 1.10 bits per heavy atom. The van der Waals surface area contributed by atoms with Crippen molar-refractivity contribution in [2.45, 2.75) is 40.3 Å². The molecule has 3 rings (SSSR count). The Labute approximate surface area is 177 Å². The van der Waals surface area contributed by atoms with Crippen LogP contribution in [0.5, 0.6) is 0 Å². The van der Waals surface area contributed by atoms with Gasteiger partial charge in [0, 0.05) is 31.4 Å². The van der Waals surface area contributed by atoms with Gasteiger partial charge in [-0.05, 0) is 69.2 Å². The molecule has 0 aliphatic rings. The van der Waals surface area contributed by atoms with Crippen LogP contribution >= 0.6 is 0 Å². The number of amides is 3. The molecule has 7 heteroatoms. The fourth-order valence-electron chi connectivity index (χ4n) is 3.20. The lowest BCUT2D eigenvalue weighted by Crippen LogP contribution is -2.31. The third-order valence-corrected chi connectivity index (χ3v) is 5.14. The SMILES string of the molecule is Cc1ccc(NC(=O)N(C)Cc2nc3cc(C(=O)NC(C)C)ccc3n2C)cc1C. The summed E-state index contributed by atoms with van der Waals surface area (Å²) in [4.78, 5) is 31.1. The van der Waals surface area contributed by atoms with Crippen molar-refractivity contribution in [3.05, 3.63) is 58.9 Å². The Morgan fingerprint density at radius 3 is 2.50 bits per heavy atom. The summed E-state index contributed by atoms with van der Waals surface area (Å²) in [7, 11) is 3.64. The number of anilines is 1. The van der Waals surface area contributed by atoms with Crippen LogP contribution in [0.4, 0.5) is 10.5 Å². The number of hydrogen-bond donors (Lipinski definition) is 2. The third kappa shape index (κ3) is 4.62. The topological polar surface area (TPSA) is 79.3 Å². The molecule has 3 amide bonds. The average Bonchev–Trinajstić information content (AvgIpc) is 2.99. The molecule has 0 radical (unpaired) electrons. The lowest BCUT2D eigenvalue weighted by Gasteiger charge is -2.18. The highest BCUT2D eigenvalue weighted by Gasteiger charge is 2.16. The summed E-state index contributed by atoms with van der Waals surface area (Å²) in [6, 6.07) is 11.2. The first kappa shape index (κ1) is 21.4. The van der Waals surface area contributed by atoms with Crippen LogP contribution in [0.25, 0.3) is 11.0 Å². The molecule has 158 valence electrons. The summed E-state index contributed by atoms with van der Waals surface area (Å²) in [5.74, 6) is 0.619. The maximum atomic E-state index is 12.6. The van der Waals surface area contributed by atoms with Crippen molar-refractivity contribution in [1.82, 2.24) is 19.8 Å². The maximum absolute atomic E-state index is 12.6. The largest absolute Gasteiger partial charge is 0.350 e. The van der Waals surface area contributed by atoms with Gasteiger partial charge in [0.1, 0.15) is 5.82 Å². The molecule has 0 bridgehead atoms. The van der Waals surface area contributed by atoms with Crippen molar-refractivity contribution in [2.75, 3.05) is 12.4 Å². The van der Waals surface area contributed by atoms with E-state index in [9.17, 15) is 9.59 Å². The summed E-state index contributed by atoms with van der Waals surface area (Å²) >= 11 is 0. The molecule has 0 saturated heterocycles. The van der Waals surface area contributed by atoms with Crippen molar-refractivity contribution in [3.63, 3.8) is 0 Å². The van der Waals surface area contributed by atoms with Crippen LogP contribution < -0.4 is 10.6 Å². The molecule has 2 aromatic carbocycles. The van der Waals surface area contributed by atoms with Gasteiger partial charge < -0.3 is 20.1 Å². The lowest BCUT2D eigenvalue weighted by molar-refractivity contribution is 0.0943. The van der Waals surface area contributed by atoms with E-state index in [2.05, 4.69) is 15.6 Å². The Morgan fingerprint density at radius 2 is 1.83 bits per heavy atom. The van der Waals surface area contributed by atoms with Crippen molar-refractivity contribution in [3.8, 4) is 0 Å². The summed E-state index contributed by atoms with van der Waals surface area (Å²) in [6.45, 7) is 8.25. The van der Waals surface area contributed by atoms with Gasteiger partial charge in [-0.3, -0.25) is 4.79 Å². The van der Waals surface area contributed by atoms with E-state index in [0.29, 0.717) is 12.1 Å². The number of rotatable bonds is 5. The van der Waals surface area contributed by atoms with E-state index < -0.39 is 0 Å². The first-order valence-corrected chi connectivity index (χ1v) is 10.0. The molecular formula is C23H29N5O2. The van der Waals surface area contributed by atoms with Gasteiger partial charge in [0.05, 0.1) is 17.6 Å². The van der Waals surface area contributed by atoms with Gasteiger partial charge in [-0.2, -0.15) is 0 Å². The molecule has 0 aliphatic carbocycles. The number of hydrogen-bond acceptors (Lipinski definition) is 3. The summed E-state index contributed by atoms with van der Waals surface area (Å²) < 4.78 is 1.94. The third-order valence-electron chi connectivity index (χ3n) is 5.14. The molecule has 0 spiro atoms. The number of benzene rings is 2. The molecule has 1 aromatic heterocycles. The minimum Gasteiger partial charge on any atom is -0.350 e. The van der Waals surface area contributed by atoms with E-state index >= 15 is 0 Å². The standard InChI is InChI=1S/C23H29N5O2/c1-14(2)24-22(29)17-8-10-20-19(12-17)26-21(28(20)6)13-27(5)23(30)25-18-9-7-15(3)16(4)11-18/h7-12,14H,13H2,1-6H3,(H,24,29)(H,25,30). The van der Waals surface area contributed by atoms with Crippen LogP contribution in [-0.4, -0.2) is 39.5 Å². The molecule has 2 N–H and O–H groups in total. The quantitative estimate of drug-likeness (QED) is 0.671. The van der Waals surface area contributed by atoms with E-state index in [0.717, 1.165) is 28.1 Å². The normalized spacial score (nSPS) is 11.0. The highest BCUT2D eigenvalue weighted by atomic mass is 16.2. The minimum absolute atomic E-state index is 0.0666. The minimum atomic E-state index is -0.206. The number of nitrogens with one attached hydrogen (secondary N) is 2. The molecule has 0 atom stereocenters. The van der Waals surface area contributed by atoms with E-state index in [1.165, 1.54) is 5.56 Å². The number of urea groups is 1. The zero-order valence-electron chi connectivity index (χ0n) is 18.4. The predicted octanol–water partition coefficient (Wildman–Crippen LogP) is 3.99. The van der Waals surface area contributed by atoms with Gasteiger partial charge in [-0.15, -0.1) is 0 Å². The van der Waals surface area contributed by atoms with Crippen LogP contribution in [0.3, 0.4) is 0 Å². The van der Waals surface area contributed by atoms with Crippen molar-refractivity contribution in [1.29, 1.82) is 0 Å². The lowest BCUT2D eigenvalue weighted by atomic mass is 10.1. The molecule has 30 heavy (non-hydrogen) atoms. The number of nitrogens with zero attached hydrogens (tertiary/aromatic N) is 3. The first-order valence-electron chi connectivity index (χ1n) is 10.0. The number of carbonyl (C=O) groups is 2. The highest BCUT2D eigenvalue weighted by molar-refractivity contribution is 5.97. The molecule has 0 unspecified atom stereocenters. The molecule has 0 fully saturated rings. The molecule has 1 heterocycles. The maximum Gasteiger partial charge on any atom is 0.321 e. The van der Waals surface area contributed by atoms with Crippen LogP contribution in [0, 0.1) is 13.8 Å². The first-order chi connectivity index (χ1) is 14.2. The van der Waals surface area contributed by atoms with Crippen molar-refractivity contribution < 1.29 is 9.59 Å². The van der Waals surface area contributed by atoms with Crippen LogP contribution in [-0.2, 0) is 13.6 Å². The van der Waals surface area contributed by atoms with E-state index in [1.807, 2.05) is 63.6 Å². The van der Waals surface area contributed by atoms with Gasteiger partial charge in [-0.1, -0.05) is 6.07 Å². The Kier molecular flexibility index (Phi) is 6.10. The monoisotopic (exact) mass is 407 g/mol. The molecule has 3 aromatic rings. The van der Waals surface area contributed by atoms with Crippen LogP contribution in [0.15, 0.2) is 36.4 Å². The number of fused-ring (bicyclic) bond motifs is 1. The molecular weight excluding hydrogens is 378 g/mol. The van der Waals surface area contributed by atoms with Gasteiger partial charge >= 0.3 is 6.03 Å². The Hall–Kier alpha value is -3.35. The van der Waals surface area contributed by atoms with E-state index in [4.69, 9.17) is 0 Å². The number of imidazole rings is 1. The highest BCUT2D eigenvalue weighted by Crippen LogP contribution is 2.19. The van der Waals surface area contributed by atoms with Crippen molar-refractivity contribution in [2.24, 2.45) is 7.05 Å². The Bertz CT molecular complexity index is 1100. The van der Waals surface area contributed by atoms with Gasteiger partial charge in [0.15, 0.2) is 0 Å². The predicted molar refractivity (Wildman–Crippen MR) is 120 cm³/mol. The zero-order chi connectivity index (χ0) is 22.0. The number of aromatic nitrogens is 2. The summed E-state index contributed by atoms with van der Waals surface area (Å²) in [6.07, 6.45) is 0. The zero-order valence-corrected chi connectivity index (χ0v) is 18.4. The molecule has 0 aliphatic heterocycles. The number of aryl methyl sites for hydroxylation is 3. The smallest absolute Gasteiger partial charge is 0.321 e. The summed E-state index contributed by atoms with van der Waals surface area (Å²) in [5.41, 5.74) is 5.29. The van der Waals surface area contributed by atoms with Crippen LogP contribution in [0.2, 0.25) is 0 Å². The second-order valence-electron chi connectivity index (χ2n) is 8.00. The average molecular weight is 408 g/mol. The summed E-state index contributed by atoms with van der Waals surface area (Å²) in [5, 5.41) is 5.81. The Balaban J connectivity index is 1.75. The fraction of sp³-hybridized carbons (Fsp3) is 0.348. The van der Waals surface area contributed by atoms with E-state index in [-0.39, 0.29) is 18.0 Å². The number of carbonyl (C=O) groups excluding carboxylic acids is 2. The van der Waals surface area contributed by atoms with E-state index in [1.54, 1.807) is 24.1 Å². The second kappa shape index (κ2) is 8.57. The van der Waals surface area contributed by atoms with Crippen molar-refractivity contribution >= 4 is 28.7 Å². The fourth-order valence-corrected chi connectivity index (χ4v) is 3.20. The second-order valence-corrected chi connectivity index (χ2v) is 8.00. The molecule has 7 nitrogen and oxygen atoms in total. The molecule has 0 saturated carbocycles. The van der Waals surface area contributed by atoms with Gasteiger partial charge in [0.25, 0.3) is 5.91 Å². The van der Waals surface area contributed by atoms with Crippen LogP contribution in [0.1, 0.15) is 41.2 Å².